The summed E-state index contributed by atoms with van der Waals surface area (Å²) in [7, 11) is 0. The molecule has 0 fully saturated rings. The van der Waals surface area contributed by atoms with Gasteiger partial charge in [0.1, 0.15) is 5.03 Å². The van der Waals surface area contributed by atoms with E-state index < -0.39 is 5.97 Å². The van der Waals surface area contributed by atoms with Crippen LogP contribution >= 0.6 is 35.0 Å². The van der Waals surface area contributed by atoms with Gasteiger partial charge in [-0.2, -0.15) is 10.2 Å². The Balaban J connectivity index is 2.45. The maximum Gasteiger partial charge on any atom is 0.104 e. The van der Waals surface area contributed by atoms with E-state index in [1.165, 1.54) is 6.21 Å². The van der Waals surface area contributed by atoms with E-state index in [4.69, 9.17) is 29.0 Å². The molecule has 0 bridgehead atoms. The molecule has 6 nitrogen and oxygen atoms in total. The zero-order valence-electron chi connectivity index (χ0n) is 12.1. The zero-order valence-corrected chi connectivity index (χ0v) is 14.5. The van der Waals surface area contributed by atoms with Gasteiger partial charge in [0, 0.05) is 26.9 Å². The fraction of sp³-hybridized carbons (Fsp3) is 0.214. The first-order valence-electron chi connectivity index (χ1n) is 6.50. The number of benzene rings is 1. The van der Waals surface area contributed by atoms with Gasteiger partial charge in [-0.25, -0.2) is 0 Å². The summed E-state index contributed by atoms with van der Waals surface area (Å²) in [4.78, 5) is 10.8. The molecule has 1 aromatic carbocycles. The van der Waals surface area contributed by atoms with E-state index in [1.54, 1.807) is 29.8 Å². The molecule has 9 heteroatoms. The molecule has 0 radical (unpaired) electrons. The number of carbonyl (C=O) groups excluding carboxylic acids is 1. The molecule has 0 aliphatic carbocycles. The van der Waals surface area contributed by atoms with E-state index in [0.717, 1.165) is 11.8 Å². The Hall–Kier alpha value is -1.70. The topological polar surface area (TPSA) is 96.3 Å². The maximum absolute atomic E-state index is 10.8. The van der Waals surface area contributed by atoms with Crippen molar-refractivity contribution in [2.24, 2.45) is 10.9 Å². The van der Waals surface area contributed by atoms with Crippen LogP contribution in [0.25, 0.3) is 0 Å². The van der Waals surface area contributed by atoms with Gasteiger partial charge in [-0.1, -0.05) is 29.3 Å². The number of hydrazone groups is 1. The van der Waals surface area contributed by atoms with Crippen molar-refractivity contribution < 1.29 is 9.90 Å². The Labute approximate surface area is 147 Å². The highest BCUT2D eigenvalue weighted by molar-refractivity contribution is 8.00. The number of halogens is 2. The minimum atomic E-state index is -1.17. The molecule has 0 aliphatic rings. The van der Waals surface area contributed by atoms with Crippen LogP contribution in [-0.4, -0.2) is 27.7 Å². The summed E-state index contributed by atoms with van der Waals surface area (Å²) < 4.78 is 1.63. The summed E-state index contributed by atoms with van der Waals surface area (Å²) >= 11 is 13.4. The molecule has 1 heterocycles. The van der Waals surface area contributed by atoms with Gasteiger partial charge in [0.2, 0.25) is 0 Å². The van der Waals surface area contributed by atoms with Crippen molar-refractivity contribution in [1.29, 1.82) is 0 Å². The molecule has 0 saturated carbocycles. The van der Waals surface area contributed by atoms with Gasteiger partial charge in [-0.15, -0.1) is 11.8 Å². The monoisotopic (exact) mass is 371 g/mol. The second-order valence-electron chi connectivity index (χ2n) is 4.60. The number of carbonyl (C=O) groups is 1. The molecule has 0 spiro atoms. The van der Waals surface area contributed by atoms with E-state index in [-0.39, 0.29) is 5.75 Å². The highest BCUT2D eigenvalue weighted by atomic mass is 35.5. The predicted molar refractivity (Wildman–Crippen MR) is 90.0 cm³/mol. The fourth-order valence-electron chi connectivity index (χ4n) is 2.02. The molecule has 1 aromatic heterocycles. The second kappa shape index (κ2) is 7.72. The Kier molecular flexibility index (Phi) is 5.92. The lowest BCUT2D eigenvalue weighted by atomic mass is 10.2. The second-order valence-corrected chi connectivity index (χ2v) is 6.38. The van der Waals surface area contributed by atoms with Crippen molar-refractivity contribution in [3.8, 4) is 0 Å². The smallest absolute Gasteiger partial charge is 0.104 e. The Morgan fingerprint density at radius 2 is 2.13 bits per heavy atom. The number of nitrogens with two attached hydrogens (primary N) is 1. The summed E-state index contributed by atoms with van der Waals surface area (Å²) in [6.07, 6.45) is 1.44. The summed E-state index contributed by atoms with van der Waals surface area (Å²) in [5.74, 6) is 3.83. The minimum Gasteiger partial charge on any atom is -0.549 e. The van der Waals surface area contributed by atoms with E-state index in [0.29, 0.717) is 38.4 Å². The van der Waals surface area contributed by atoms with E-state index in [1.807, 2.05) is 0 Å². The number of carboxylic acid groups (broad SMARTS) is 1. The van der Waals surface area contributed by atoms with Gasteiger partial charge >= 0.3 is 0 Å². The number of thioether (sulfide) groups is 1. The first-order valence-corrected chi connectivity index (χ1v) is 8.24. The van der Waals surface area contributed by atoms with E-state index in [9.17, 15) is 9.90 Å². The lowest BCUT2D eigenvalue weighted by molar-refractivity contribution is -0.301. The van der Waals surface area contributed by atoms with Crippen LogP contribution in [0.3, 0.4) is 0 Å². The quantitative estimate of drug-likeness (QED) is 0.360. The molecule has 0 saturated heterocycles. The van der Waals surface area contributed by atoms with Crippen LogP contribution in [-0.2, 0) is 11.3 Å². The Bertz CT molecular complexity index is 741. The highest BCUT2D eigenvalue weighted by Gasteiger charge is 2.17. The van der Waals surface area contributed by atoms with Gasteiger partial charge in [0.15, 0.2) is 0 Å². The van der Waals surface area contributed by atoms with Crippen molar-refractivity contribution in [1.82, 2.24) is 9.78 Å². The molecule has 2 N–H and O–H groups in total. The van der Waals surface area contributed by atoms with Crippen LogP contribution in [0.1, 0.15) is 16.8 Å². The number of nitrogens with zero attached hydrogens (tertiary/aromatic N) is 3. The molecular weight excluding hydrogens is 359 g/mol. The number of hydrogen-bond acceptors (Lipinski definition) is 6. The molecule has 0 aliphatic heterocycles. The third-order valence-corrected chi connectivity index (χ3v) is 4.82. The van der Waals surface area contributed by atoms with Crippen molar-refractivity contribution in [3.63, 3.8) is 0 Å². The number of carboxylic acids is 1. The maximum atomic E-state index is 10.8. The van der Waals surface area contributed by atoms with Gasteiger partial charge in [0.25, 0.3) is 0 Å². The van der Waals surface area contributed by atoms with Gasteiger partial charge in [-0.3, -0.25) is 4.68 Å². The van der Waals surface area contributed by atoms with Crippen molar-refractivity contribution in [2.75, 3.05) is 5.75 Å². The summed E-state index contributed by atoms with van der Waals surface area (Å²) in [6.45, 7) is 2.08. The Morgan fingerprint density at radius 1 is 1.48 bits per heavy atom. The minimum absolute atomic E-state index is 0.215. The molecular formula is C14H13Cl2N4O2S-. The van der Waals surface area contributed by atoms with Gasteiger partial charge in [-0.05, 0) is 19.1 Å². The van der Waals surface area contributed by atoms with Crippen molar-refractivity contribution >= 4 is 47.1 Å². The van der Waals surface area contributed by atoms with E-state index >= 15 is 0 Å². The number of rotatable bonds is 6. The van der Waals surface area contributed by atoms with Crippen LogP contribution in [0.2, 0.25) is 10.0 Å². The predicted octanol–water partition coefficient (Wildman–Crippen LogP) is 1.68. The van der Waals surface area contributed by atoms with Crippen molar-refractivity contribution in [2.45, 2.75) is 18.5 Å². The first-order chi connectivity index (χ1) is 10.9. The third-order valence-electron chi connectivity index (χ3n) is 3.03. The molecule has 122 valence electrons. The summed E-state index contributed by atoms with van der Waals surface area (Å²) in [5, 5.41) is 20.3. The number of aliphatic carboxylic acids is 1. The number of aromatic nitrogens is 2. The van der Waals surface area contributed by atoms with Crippen LogP contribution in [0.4, 0.5) is 0 Å². The zero-order chi connectivity index (χ0) is 17.0. The summed E-state index contributed by atoms with van der Waals surface area (Å²) in [5.41, 5.74) is 2.02. The standard InChI is InChI=1S/C14H14Cl2N4O2S/c1-8-9(5-18-17)14(23-7-13(21)22)20(19-8)6-10-11(15)3-2-4-12(10)16/h2-5H,6-7,17H2,1H3,(H,21,22)/p-1/b18-5-. The van der Waals surface area contributed by atoms with Crippen LogP contribution < -0.4 is 10.9 Å². The van der Waals surface area contributed by atoms with Crippen LogP contribution in [0.15, 0.2) is 28.3 Å². The molecule has 0 amide bonds. The van der Waals surface area contributed by atoms with Crippen molar-refractivity contribution in [3.05, 3.63) is 45.1 Å². The molecule has 2 aromatic rings. The lowest BCUT2D eigenvalue weighted by Crippen LogP contribution is -2.24. The van der Waals surface area contributed by atoms with Gasteiger partial charge in [0.05, 0.1) is 24.4 Å². The molecule has 0 unspecified atom stereocenters. The molecule has 0 atom stereocenters. The Morgan fingerprint density at radius 3 is 2.70 bits per heavy atom. The first kappa shape index (κ1) is 17.7. The SMILES string of the molecule is Cc1nn(Cc2c(Cl)cccc2Cl)c(SCC(=O)[O-])c1/C=N\N. The summed E-state index contributed by atoms with van der Waals surface area (Å²) in [6, 6.07) is 5.21. The normalized spacial score (nSPS) is 11.3. The number of aryl methyl sites for hydroxylation is 1. The average molecular weight is 372 g/mol. The van der Waals surface area contributed by atoms with E-state index in [2.05, 4.69) is 10.2 Å². The van der Waals surface area contributed by atoms with Gasteiger partial charge < -0.3 is 15.7 Å². The lowest BCUT2D eigenvalue weighted by Gasteiger charge is -2.11. The number of hydrogen-bond donors (Lipinski definition) is 1. The van der Waals surface area contributed by atoms with Crippen LogP contribution in [0.5, 0.6) is 0 Å². The molecule has 2 rings (SSSR count). The largest absolute Gasteiger partial charge is 0.549 e. The van der Waals surface area contributed by atoms with Crippen LogP contribution in [0, 0.1) is 6.92 Å². The highest BCUT2D eigenvalue weighted by Crippen LogP contribution is 2.29. The third kappa shape index (κ3) is 4.19. The average Bonchev–Trinajstić information content (AvgIpc) is 2.77. The fourth-order valence-corrected chi connectivity index (χ4v) is 3.40. The molecule has 23 heavy (non-hydrogen) atoms.